The van der Waals surface area contributed by atoms with Crippen LogP contribution in [0, 0.1) is 0 Å². The number of rotatable bonds is 9. The monoisotopic (exact) mass is 492 g/mol. The predicted octanol–water partition coefficient (Wildman–Crippen LogP) is 1.49. The summed E-state index contributed by atoms with van der Waals surface area (Å²) in [5.74, 6) is -3.21. The molecule has 1 heterocycles. The zero-order chi connectivity index (χ0) is 26.1. The van der Waals surface area contributed by atoms with Crippen LogP contribution in [0.3, 0.4) is 0 Å². The van der Waals surface area contributed by atoms with E-state index in [1.807, 2.05) is 0 Å². The zero-order valence-corrected chi connectivity index (χ0v) is 19.8. The van der Waals surface area contributed by atoms with E-state index in [4.69, 9.17) is 23.7 Å². The van der Waals surface area contributed by atoms with Crippen LogP contribution < -0.4 is 0 Å². The summed E-state index contributed by atoms with van der Waals surface area (Å²) in [4.78, 5) is 59.5. The van der Waals surface area contributed by atoms with Crippen molar-refractivity contribution in [3.8, 4) is 5.75 Å². The van der Waals surface area contributed by atoms with Gasteiger partial charge in [-0.2, -0.15) is 0 Å². The lowest BCUT2D eigenvalue weighted by Gasteiger charge is -2.44. The van der Waals surface area contributed by atoms with E-state index in [0.717, 1.165) is 20.8 Å². The van der Waals surface area contributed by atoms with Crippen molar-refractivity contribution in [2.24, 2.45) is 0 Å². The summed E-state index contributed by atoms with van der Waals surface area (Å²) < 4.78 is 26.9. The molecule has 11 nitrogen and oxygen atoms in total. The van der Waals surface area contributed by atoms with E-state index in [1.54, 1.807) is 12.1 Å². The first-order valence-corrected chi connectivity index (χ1v) is 10.8. The molecule has 1 aromatic carbocycles. The minimum Gasteiger partial charge on any atom is -0.508 e. The highest BCUT2D eigenvalue weighted by Gasteiger charge is 2.52. The third-order valence-corrected chi connectivity index (χ3v) is 4.84. The smallest absolute Gasteiger partial charge is 0.303 e. The molecule has 190 valence electrons. The molecule has 0 unspecified atom stereocenters. The van der Waals surface area contributed by atoms with Gasteiger partial charge in [-0.1, -0.05) is 18.2 Å². The number of carbonyl (C=O) groups excluding carboxylic acids is 5. The van der Waals surface area contributed by atoms with Gasteiger partial charge in [0.25, 0.3) is 0 Å². The van der Waals surface area contributed by atoms with E-state index in [0.29, 0.717) is 5.56 Å². The van der Waals surface area contributed by atoms with E-state index >= 15 is 0 Å². The van der Waals surface area contributed by atoms with E-state index in [2.05, 4.69) is 0 Å². The number of hydrogen-bond acceptors (Lipinski definition) is 11. The van der Waals surface area contributed by atoms with Gasteiger partial charge in [-0.05, 0) is 23.8 Å². The maximum atomic E-state index is 12.7. The predicted molar refractivity (Wildman–Crippen MR) is 119 cm³/mol. The van der Waals surface area contributed by atoms with Crippen LogP contribution in [0.1, 0.15) is 39.7 Å². The summed E-state index contributed by atoms with van der Waals surface area (Å²) in [6.45, 7) is 4.17. The van der Waals surface area contributed by atoms with Crippen molar-refractivity contribution in [2.45, 2.75) is 64.6 Å². The fourth-order valence-corrected chi connectivity index (χ4v) is 3.52. The van der Waals surface area contributed by atoms with E-state index in [-0.39, 0.29) is 18.8 Å². The standard InChI is InChI=1S/C24H28O11/c1-13(25)31-12-21-23(33-15(3)27)24(34-16(4)28)22(32-14(2)26)20(35-21)11-19(30)10-7-17-5-8-18(29)9-6-17/h5-10,20-24,29H,11-12H2,1-4H3/b10-7+/t20-,21+,22-,23+,24+/m0/s1. The van der Waals surface area contributed by atoms with Gasteiger partial charge >= 0.3 is 23.9 Å². The highest BCUT2D eigenvalue weighted by molar-refractivity contribution is 5.94. The van der Waals surface area contributed by atoms with Gasteiger partial charge in [0.1, 0.15) is 24.6 Å². The molecule has 1 fully saturated rings. The first-order chi connectivity index (χ1) is 16.5. The normalized spacial score (nSPS) is 23.8. The van der Waals surface area contributed by atoms with Gasteiger partial charge in [-0.3, -0.25) is 24.0 Å². The van der Waals surface area contributed by atoms with Crippen molar-refractivity contribution in [3.63, 3.8) is 0 Å². The van der Waals surface area contributed by atoms with Crippen LogP contribution in [0.25, 0.3) is 6.08 Å². The van der Waals surface area contributed by atoms with Gasteiger partial charge in [-0.15, -0.1) is 0 Å². The van der Waals surface area contributed by atoms with Crippen molar-refractivity contribution in [1.29, 1.82) is 0 Å². The Kier molecular flexibility index (Phi) is 9.95. The van der Waals surface area contributed by atoms with E-state index in [9.17, 15) is 29.1 Å². The Morgan fingerprint density at radius 1 is 0.800 bits per heavy atom. The van der Waals surface area contributed by atoms with Crippen LogP contribution >= 0.6 is 0 Å². The first kappa shape index (κ1) is 27.5. The maximum absolute atomic E-state index is 12.7. The number of benzene rings is 1. The number of allylic oxidation sites excluding steroid dienone is 1. The fourth-order valence-electron chi connectivity index (χ4n) is 3.52. The van der Waals surface area contributed by atoms with Crippen molar-refractivity contribution in [1.82, 2.24) is 0 Å². The fraction of sp³-hybridized carbons (Fsp3) is 0.458. The lowest BCUT2D eigenvalue weighted by atomic mass is 9.91. The van der Waals surface area contributed by atoms with Crippen molar-refractivity contribution >= 4 is 35.7 Å². The number of carbonyl (C=O) groups is 5. The van der Waals surface area contributed by atoms with Gasteiger partial charge in [0.05, 0.1) is 0 Å². The lowest BCUT2D eigenvalue weighted by Crippen LogP contribution is -2.62. The third-order valence-electron chi connectivity index (χ3n) is 4.84. The van der Waals surface area contributed by atoms with Gasteiger partial charge in [0, 0.05) is 34.1 Å². The maximum Gasteiger partial charge on any atom is 0.303 e. The van der Waals surface area contributed by atoms with Gasteiger partial charge in [-0.25, -0.2) is 0 Å². The van der Waals surface area contributed by atoms with Crippen LogP contribution in [0.15, 0.2) is 30.3 Å². The Bertz CT molecular complexity index is 966. The molecular weight excluding hydrogens is 464 g/mol. The molecule has 1 saturated heterocycles. The summed E-state index contributed by atoms with van der Waals surface area (Å²) >= 11 is 0. The molecule has 0 aromatic heterocycles. The summed E-state index contributed by atoms with van der Waals surface area (Å²) in [6, 6.07) is 6.13. The molecule has 2 rings (SSSR count). The minimum absolute atomic E-state index is 0.0750. The summed E-state index contributed by atoms with van der Waals surface area (Å²) in [7, 11) is 0. The SMILES string of the molecule is CC(=O)OC[C@H]1O[C@@H](CC(=O)/C=C/c2ccc(O)cc2)[C@H](OC(C)=O)[C@@H](OC(C)=O)[C@@H]1OC(C)=O. The third kappa shape index (κ3) is 8.85. The minimum atomic E-state index is -1.33. The van der Waals surface area contributed by atoms with Crippen LogP contribution in [-0.4, -0.2) is 71.9 Å². The van der Waals surface area contributed by atoms with Gasteiger partial charge < -0.3 is 28.8 Å². The topological polar surface area (TPSA) is 152 Å². The van der Waals surface area contributed by atoms with Gasteiger partial charge in [0.15, 0.2) is 24.1 Å². The second kappa shape index (κ2) is 12.7. The van der Waals surface area contributed by atoms with Crippen LogP contribution in [0.2, 0.25) is 0 Å². The Morgan fingerprint density at radius 3 is 1.83 bits per heavy atom. The number of esters is 4. The second-order valence-electron chi connectivity index (χ2n) is 7.83. The molecule has 0 radical (unpaired) electrons. The largest absolute Gasteiger partial charge is 0.508 e. The van der Waals surface area contributed by atoms with Crippen molar-refractivity contribution in [3.05, 3.63) is 35.9 Å². The molecule has 5 atom stereocenters. The molecule has 1 aliphatic heterocycles. The second-order valence-corrected chi connectivity index (χ2v) is 7.83. The Hall–Kier alpha value is -3.73. The van der Waals surface area contributed by atoms with Crippen LogP contribution in [0.4, 0.5) is 0 Å². The number of phenols is 1. The Balaban J connectivity index is 2.35. The molecular formula is C24H28O11. The number of aromatic hydroxyl groups is 1. The molecule has 0 aliphatic carbocycles. The van der Waals surface area contributed by atoms with E-state index < -0.39 is 60.2 Å². The number of hydrogen-bond donors (Lipinski definition) is 1. The molecule has 0 bridgehead atoms. The first-order valence-electron chi connectivity index (χ1n) is 10.8. The molecule has 0 saturated carbocycles. The molecule has 0 spiro atoms. The zero-order valence-electron chi connectivity index (χ0n) is 19.8. The molecule has 1 N–H and O–H groups in total. The number of ketones is 1. The molecule has 1 aromatic rings. The number of ether oxygens (including phenoxy) is 5. The summed E-state index contributed by atoms with van der Waals surface area (Å²) in [6.07, 6.45) is -3.63. The Morgan fingerprint density at radius 2 is 1.31 bits per heavy atom. The molecule has 35 heavy (non-hydrogen) atoms. The average molecular weight is 492 g/mol. The summed E-state index contributed by atoms with van der Waals surface area (Å²) in [5.41, 5.74) is 0.651. The quantitative estimate of drug-likeness (QED) is 0.303. The number of phenolic OH excluding ortho intramolecular Hbond substituents is 1. The average Bonchev–Trinajstić information content (AvgIpc) is 2.75. The molecule has 0 amide bonds. The van der Waals surface area contributed by atoms with Crippen molar-refractivity contribution in [2.75, 3.05) is 6.61 Å². The molecule has 11 heteroatoms. The van der Waals surface area contributed by atoms with E-state index in [1.165, 1.54) is 31.2 Å². The van der Waals surface area contributed by atoms with Crippen LogP contribution in [0.5, 0.6) is 5.75 Å². The molecule has 1 aliphatic rings. The lowest BCUT2D eigenvalue weighted by molar-refractivity contribution is -0.252. The van der Waals surface area contributed by atoms with Crippen molar-refractivity contribution < 1.29 is 52.8 Å². The highest BCUT2D eigenvalue weighted by Crippen LogP contribution is 2.31. The van der Waals surface area contributed by atoms with Gasteiger partial charge in [0.2, 0.25) is 0 Å². The summed E-state index contributed by atoms with van der Waals surface area (Å²) in [5, 5.41) is 9.37. The Labute approximate surface area is 201 Å². The van der Waals surface area contributed by atoms with Crippen LogP contribution in [-0.2, 0) is 47.7 Å². The highest BCUT2D eigenvalue weighted by atomic mass is 16.7.